The van der Waals surface area contributed by atoms with E-state index in [1.54, 1.807) is 6.20 Å². The number of piperidine rings is 2. The number of aromatic nitrogens is 1. The Hall–Kier alpha value is -3.82. The molecule has 7 N–H and O–H groups in total. The molecular weight excluding hydrogens is 947 g/mol. The summed E-state index contributed by atoms with van der Waals surface area (Å²) < 4.78 is 5.12. The smallest absolute Gasteiger partial charge is 0.253 e. The van der Waals surface area contributed by atoms with Crippen molar-refractivity contribution in [1.82, 2.24) is 66.9 Å². The highest BCUT2D eigenvalue weighted by atomic mass is 32.1. The number of amides is 1. The molecule has 3 aromatic rings. The van der Waals surface area contributed by atoms with Crippen LogP contribution in [-0.2, 0) is 22.6 Å². The SMILES string of the molecule is CCNC(=S)C1CCN(CCNC)CC1.CNCCN1CCC(C(=O)C(C)C)CC1.CNCCN1CCN(C(=O)c2ccccc2)CC1.CNCc1ccccc1.CNCc1cccnc1.CNN1CCOCC1. The average molecular weight is 1050 g/mol. The Kier molecular flexibility index (Phi) is 38.8. The number of pyridine rings is 1. The topological polar surface area (TPSA) is 157 Å². The molecule has 7 rings (SSSR count). The second kappa shape index (κ2) is 43.3. The number of nitrogens with zero attached hydrogens (tertiary/aromatic N) is 6. The van der Waals surface area contributed by atoms with Gasteiger partial charge in [-0.2, -0.15) is 0 Å². The van der Waals surface area contributed by atoms with Crippen molar-refractivity contribution >= 4 is 28.9 Å². The Morgan fingerprint density at radius 3 is 1.51 bits per heavy atom. The van der Waals surface area contributed by atoms with Crippen molar-refractivity contribution in [2.24, 2.45) is 17.8 Å². The number of likely N-dealkylation sites (tertiary alicyclic amines) is 2. The number of hydrazine groups is 1. The van der Waals surface area contributed by atoms with E-state index in [9.17, 15) is 9.59 Å². The summed E-state index contributed by atoms with van der Waals surface area (Å²) in [5, 5.41) is 21.0. The van der Waals surface area contributed by atoms with Gasteiger partial charge in [-0.25, -0.2) is 5.01 Å². The van der Waals surface area contributed by atoms with Gasteiger partial charge >= 0.3 is 0 Å². The van der Waals surface area contributed by atoms with E-state index in [0.717, 1.165) is 148 Å². The summed E-state index contributed by atoms with van der Waals surface area (Å²) >= 11 is 5.36. The lowest BCUT2D eigenvalue weighted by atomic mass is 9.87. The predicted molar refractivity (Wildman–Crippen MR) is 313 cm³/mol. The number of hydrogen-bond donors (Lipinski definition) is 7. The second-order valence-electron chi connectivity index (χ2n) is 19.2. The van der Waals surface area contributed by atoms with Crippen molar-refractivity contribution in [1.29, 1.82) is 0 Å². The van der Waals surface area contributed by atoms with Crippen LogP contribution in [0.5, 0.6) is 0 Å². The molecule has 0 spiro atoms. The zero-order valence-electron chi connectivity index (χ0n) is 47.3. The average Bonchev–Trinajstić information content (AvgIpc) is 3.45. The molecule has 4 aliphatic heterocycles. The number of Topliss-reactive ketones (excluding diaryl/α,β-unsaturated/α-hetero) is 1. The number of nitrogens with one attached hydrogen (secondary N) is 7. The van der Waals surface area contributed by atoms with Gasteiger partial charge < -0.3 is 51.3 Å². The van der Waals surface area contributed by atoms with Gasteiger partial charge in [-0.1, -0.05) is 80.7 Å². The number of piperazine rings is 1. The van der Waals surface area contributed by atoms with E-state index < -0.39 is 0 Å². The monoisotopic (exact) mass is 1050 g/mol. The lowest BCUT2D eigenvalue weighted by Crippen LogP contribution is -2.49. The molecule has 4 saturated heterocycles. The fourth-order valence-electron chi connectivity index (χ4n) is 8.69. The normalized spacial score (nSPS) is 16.8. The number of thiocarbonyl (C=S) groups is 1. The Bertz CT molecular complexity index is 1750. The molecule has 16 nitrogen and oxygen atoms in total. The summed E-state index contributed by atoms with van der Waals surface area (Å²) in [6, 6.07) is 23.9. The summed E-state index contributed by atoms with van der Waals surface area (Å²) in [5.41, 5.74) is 6.41. The van der Waals surface area contributed by atoms with Crippen LogP contribution in [0, 0.1) is 17.8 Å². The van der Waals surface area contributed by atoms with Crippen molar-refractivity contribution in [3.8, 4) is 0 Å². The molecule has 1 aromatic heterocycles. The molecule has 5 heterocycles. The van der Waals surface area contributed by atoms with Crippen molar-refractivity contribution in [3.63, 3.8) is 0 Å². The highest BCUT2D eigenvalue weighted by Gasteiger charge is 2.26. The number of carbonyl (C=O) groups is 2. The van der Waals surface area contributed by atoms with Gasteiger partial charge in [0, 0.05) is 134 Å². The van der Waals surface area contributed by atoms with Gasteiger partial charge in [0.25, 0.3) is 5.91 Å². The Balaban J connectivity index is 0.000000311. The van der Waals surface area contributed by atoms with E-state index >= 15 is 0 Å². The fraction of sp³-hybridized carbons (Fsp3) is 0.649. The van der Waals surface area contributed by atoms with Crippen LogP contribution in [-0.4, -0.2) is 213 Å². The van der Waals surface area contributed by atoms with Crippen molar-refractivity contribution in [2.75, 3.05) is 167 Å². The first-order chi connectivity index (χ1) is 36.0. The van der Waals surface area contributed by atoms with Gasteiger partial charge in [-0.15, -0.1) is 0 Å². The van der Waals surface area contributed by atoms with Gasteiger partial charge in [0.1, 0.15) is 5.78 Å². The van der Waals surface area contributed by atoms with Crippen LogP contribution in [0.1, 0.15) is 67.9 Å². The standard InChI is InChI=1S/C14H21N3O.C12H24N2O.C11H23N3S.C8H11N.C7H10N2.C5H12N2O/c1-15-7-8-16-9-11-17(12-10-16)14(18)13-5-3-2-4-6-13;1-10(2)12(15)11-4-7-14(8-5-11)9-6-13-3;1-3-13-11(15)10-4-7-14(8-5-10)9-6-12-2;1-9-7-8-5-3-2-4-6-8;1-8-5-7-3-2-4-9-6-7;1-6-7-2-4-8-5-3-7/h2-6,15H,7-12H2,1H3;10-11,13H,4-9H2,1-3H3;10,12H,3-9H2,1-2H3,(H,13,15);2-6,9H,7H2,1H3;2-4,6,8H,5H2,1H3;6H,2-5H2,1H3. The van der Waals surface area contributed by atoms with Crippen LogP contribution in [0.15, 0.2) is 85.2 Å². The number of ketones is 1. The van der Waals surface area contributed by atoms with E-state index in [1.165, 1.54) is 37.1 Å². The maximum absolute atomic E-state index is 12.2. The molecule has 4 aliphatic rings. The molecule has 0 bridgehead atoms. The third-order valence-corrected chi connectivity index (χ3v) is 13.7. The highest BCUT2D eigenvalue weighted by molar-refractivity contribution is 7.80. The first-order valence-corrected chi connectivity index (χ1v) is 27.9. The van der Waals surface area contributed by atoms with E-state index in [-0.39, 0.29) is 11.8 Å². The molecule has 74 heavy (non-hydrogen) atoms. The minimum atomic E-state index is 0.156. The van der Waals surface area contributed by atoms with Crippen LogP contribution >= 0.6 is 12.2 Å². The second-order valence-corrected chi connectivity index (χ2v) is 19.7. The van der Waals surface area contributed by atoms with Crippen LogP contribution in [0.3, 0.4) is 0 Å². The third kappa shape index (κ3) is 30.1. The summed E-state index contributed by atoms with van der Waals surface area (Å²) in [4.78, 5) is 38.3. The molecule has 0 saturated carbocycles. The Morgan fingerprint density at radius 1 is 0.608 bits per heavy atom. The lowest BCUT2D eigenvalue weighted by molar-refractivity contribution is -0.127. The van der Waals surface area contributed by atoms with Crippen molar-refractivity contribution in [2.45, 2.75) is 59.5 Å². The van der Waals surface area contributed by atoms with Gasteiger partial charge in [0.05, 0.1) is 18.2 Å². The highest BCUT2D eigenvalue weighted by Crippen LogP contribution is 2.21. The molecule has 0 unspecified atom stereocenters. The molecule has 0 atom stereocenters. The van der Waals surface area contributed by atoms with Gasteiger partial charge in [-0.3, -0.25) is 24.9 Å². The lowest BCUT2D eigenvalue weighted by Gasteiger charge is -2.34. The number of likely N-dealkylation sites (N-methyl/N-ethyl adjacent to an activating group) is 3. The summed E-state index contributed by atoms with van der Waals surface area (Å²) in [6.07, 6.45) is 8.18. The molecule has 17 heteroatoms. The minimum absolute atomic E-state index is 0.156. The van der Waals surface area contributed by atoms with Crippen molar-refractivity contribution < 1.29 is 14.3 Å². The molecule has 0 aliphatic carbocycles. The Labute approximate surface area is 454 Å². The minimum Gasteiger partial charge on any atom is -0.380 e. The third-order valence-electron chi connectivity index (χ3n) is 13.2. The van der Waals surface area contributed by atoms with Crippen molar-refractivity contribution in [3.05, 3.63) is 102 Å². The van der Waals surface area contributed by atoms with Gasteiger partial charge in [0.15, 0.2) is 0 Å². The van der Waals surface area contributed by atoms with E-state index in [2.05, 4.69) is 81.1 Å². The number of morpholine rings is 1. The molecule has 418 valence electrons. The number of rotatable bonds is 19. The zero-order valence-corrected chi connectivity index (χ0v) is 48.1. The van der Waals surface area contributed by atoms with Crippen LogP contribution in [0.4, 0.5) is 0 Å². The zero-order chi connectivity index (χ0) is 54.0. The summed E-state index contributed by atoms with van der Waals surface area (Å²) in [5.74, 6) is 1.77. The molecule has 4 fully saturated rings. The Morgan fingerprint density at radius 2 is 1.08 bits per heavy atom. The molecular formula is C57H101N13O3S. The van der Waals surface area contributed by atoms with Crippen LogP contribution < -0.4 is 37.3 Å². The van der Waals surface area contributed by atoms with E-state index in [4.69, 9.17) is 17.0 Å². The first kappa shape index (κ1) is 66.3. The van der Waals surface area contributed by atoms with Gasteiger partial charge in [-0.05, 0) is 130 Å². The maximum atomic E-state index is 12.2. The fourth-order valence-corrected chi connectivity index (χ4v) is 9.07. The maximum Gasteiger partial charge on any atom is 0.253 e. The number of carbonyl (C=O) groups excluding carboxylic acids is 2. The number of benzene rings is 2. The predicted octanol–water partition coefficient (Wildman–Crippen LogP) is 4.32. The largest absolute Gasteiger partial charge is 0.380 e. The quantitative estimate of drug-likeness (QED) is 0.0852. The number of ether oxygens (including phenoxy) is 1. The van der Waals surface area contributed by atoms with Crippen LogP contribution in [0.25, 0.3) is 0 Å². The summed E-state index contributed by atoms with van der Waals surface area (Å²) in [6.45, 7) is 27.3. The summed E-state index contributed by atoms with van der Waals surface area (Å²) in [7, 11) is 11.8. The molecule has 1 amide bonds. The van der Waals surface area contributed by atoms with Gasteiger partial charge in [0.2, 0.25) is 0 Å². The first-order valence-electron chi connectivity index (χ1n) is 27.5. The van der Waals surface area contributed by atoms with E-state index in [0.29, 0.717) is 17.6 Å². The molecule has 0 radical (unpaired) electrons. The van der Waals surface area contributed by atoms with E-state index in [1.807, 2.05) is 128 Å². The number of hydrogen-bond acceptors (Lipinski definition) is 15. The van der Waals surface area contributed by atoms with Crippen LogP contribution in [0.2, 0.25) is 0 Å². The molecule has 2 aromatic carbocycles.